The van der Waals surface area contributed by atoms with Gasteiger partial charge in [-0.25, -0.2) is 0 Å². The molecule has 3 atom stereocenters. The van der Waals surface area contributed by atoms with Gasteiger partial charge >= 0.3 is 0 Å². The fourth-order valence-electron chi connectivity index (χ4n) is 2.91. The van der Waals surface area contributed by atoms with Gasteiger partial charge in [-0.05, 0) is 43.9 Å². The molecule has 0 nitrogen and oxygen atoms in total. The van der Waals surface area contributed by atoms with Gasteiger partial charge in [0.2, 0.25) is 0 Å². The molecule has 0 bridgehead atoms. The fourth-order valence-corrected chi connectivity index (χ4v) is 2.91. The topological polar surface area (TPSA) is 0 Å². The Morgan fingerprint density at radius 2 is 1.55 bits per heavy atom. The van der Waals surface area contributed by atoms with Gasteiger partial charge in [0.25, 0.3) is 0 Å². The van der Waals surface area contributed by atoms with Crippen LogP contribution in [0.15, 0.2) is 0 Å². The third-order valence-electron chi connectivity index (χ3n) is 3.58. The molecule has 0 saturated heterocycles. The maximum Gasteiger partial charge on any atom is -0.0318 e. The Morgan fingerprint density at radius 3 is 2.36 bits per heavy atom. The third kappa shape index (κ3) is 1.60. The minimum Gasteiger partial charge on any atom is -0.0530 e. The first-order valence-electron chi connectivity index (χ1n) is 5.12. The van der Waals surface area contributed by atoms with E-state index in [1.165, 1.54) is 44.9 Å². The normalized spacial score (nSPS) is 45.0. The highest BCUT2D eigenvalue weighted by molar-refractivity contribution is 4.83. The second kappa shape index (κ2) is 3.16. The monoisotopic (exact) mass is 150 g/mol. The van der Waals surface area contributed by atoms with Crippen LogP contribution in [0.2, 0.25) is 0 Å². The summed E-state index contributed by atoms with van der Waals surface area (Å²) >= 11 is 0. The molecule has 2 rings (SSSR count). The maximum absolute atomic E-state index is 5.94. The van der Waals surface area contributed by atoms with Crippen molar-refractivity contribution in [1.82, 2.24) is 0 Å². The predicted molar refractivity (Wildman–Crippen MR) is 47.1 cm³/mol. The van der Waals surface area contributed by atoms with E-state index in [1.807, 2.05) is 0 Å². The van der Waals surface area contributed by atoms with E-state index in [0.717, 1.165) is 11.8 Å². The Kier molecular flexibility index (Phi) is 2.20. The van der Waals surface area contributed by atoms with Crippen molar-refractivity contribution in [2.45, 2.75) is 44.9 Å². The largest absolute Gasteiger partial charge is 0.0530 e. The van der Waals surface area contributed by atoms with Crippen LogP contribution < -0.4 is 0 Å². The molecule has 0 aromatic rings. The van der Waals surface area contributed by atoms with Crippen molar-refractivity contribution < 1.29 is 0 Å². The molecule has 2 radical (unpaired) electrons. The van der Waals surface area contributed by atoms with E-state index in [-0.39, 0.29) is 0 Å². The predicted octanol–water partition coefficient (Wildman–Crippen LogP) is 3.30. The van der Waals surface area contributed by atoms with Gasteiger partial charge in [-0.2, -0.15) is 0 Å². The smallest absolute Gasteiger partial charge is 0.0318 e. The molecule has 2 fully saturated rings. The van der Waals surface area contributed by atoms with Crippen molar-refractivity contribution >= 4 is 0 Å². The minimum atomic E-state index is 0.536. The molecule has 2 aliphatic carbocycles. The van der Waals surface area contributed by atoms with Crippen LogP contribution in [0.4, 0.5) is 0 Å². The summed E-state index contributed by atoms with van der Waals surface area (Å²) in [5, 5.41) is 0. The second-order valence-corrected chi connectivity index (χ2v) is 4.38. The zero-order valence-electron chi connectivity index (χ0n) is 7.26. The fraction of sp³-hybridized carbons (Fsp3) is 0.909. The zero-order chi connectivity index (χ0) is 7.68. The highest BCUT2D eigenvalue weighted by Gasteiger charge is 2.30. The van der Waals surface area contributed by atoms with Gasteiger partial charge in [-0.15, -0.1) is 0 Å². The first-order valence-corrected chi connectivity index (χ1v) is 5.12. The van der Waals surface area contributed by atoms with Gasteiger partial charge < -0.3 is 0 Å². The quantitative estimate of drug-likeness (QED) is 0.497. The third-order valence-corrected chi connectivity index (χ3v) is 3.58. The summed E-state index contributed by atoms with van der Waals surface area (Å²) < 4.78 is 0. The van der Waals surface area contributed by atoms with Crippen molar-refractivity contribution in [3.05, 3.63) is 6.92 Å². The van der Waals surface area contributed by atoms with Crippen LogP contribution >= 0.6 is 0 Å². The van der Waals surface area contributed by atoms with Crippen molar-refractivity contribution in [3.63, 3.8) is 0 Å². The van der Waals surface area contributed by atoms with Crippen LogP contribution in [0.3, 0.4) is 0 Å². The lowest BCUT2D eigenvalue weighted by atomic mass is 9.68. The summed E-state index contributed by atoms with van der Waals surface area (Å²) in [6.45, 7) is 5.94. The van der Waals surface area contributed by atoms with E-state index in [2.05, 4.69) is 0 Å². The molecule has 0 aromatic carbocycles. The van der Waals surface area contributed by atoms with Gasteiger partial charge in [0.05, 0.1) is 0 Å². The molecule has 11 heavy (non-hydrogen) atoms. The number of hydrogen-bond donors (Lipinski definition) is 0. The Hall–Kier alpha value is 0. The summed E-state index contributed by atoms with van der Waals surface area (Å²) in [5.41, 5.74) is 0. The summed E-state index contributed by atoms with van der Waals surface area (Å²) in [4.78, 5) is 0. The van der Waals surface area contributed by atoms with Crippen LogP contribution in [0.25, 0.3) is 0 Å². The second-order valence-electron chi connectivity index (χ2n) is 4.38. The highest BCUT2D eigenvalue weighted by Crippen LogP contribution is 2.42. The van der Waals surface area contributed by atoms with Gasteiger partial charge in [-0.3, -0.25) is 0 Å². The standard InChI is InChI=1S/C11H18/c1-9-6-7-10-4-2-3-5-11(10)8-9/h1,9-11H,2-8H2. The molecule has 3 unspecified atom stereocenters. The van der Waals surface area contributed by atoms with Crippen LogP contribution in [-0.4, -0.2) is 0 Å². The zero-order valence-corrected chi connectivity index (χ0v) is 7.26. The van der Waals surface area contributed by atoms with Crippen LogP contribution in [0, 0.1) is 24.7 Å². The maximum atomic E-state index is 5.94. The molecule has 0 aromatic heterocycles. The van der Waals surface area contributed by atoms with Crippen molar-refractivity contribution in [2.24, 2.45) is 17.8 Å². The molecule has 62 valence electrons. The molecule has 0 N–H and O–H groups in total. The van der Waals surface area contributed by atoms with Gasteiger partial charge in [0, 0.05) is 0 Å². The van der Waals surface area contributed by atoms with E-state index in [9.17, 15) is 0 Å². The summed E-state index contributed by atoms with van der Waals surface area (Å²) in [6.07, 6.45) is 9.96. The Bertz CT molecular complexity index is 128. The Morgan fingerprint density at radius 1 is 0.818 bits per heavy atom. The molecule has 0 spiro atoms. The van der Waals surface area contributed by atoms with Gasteiger partial charge in [-0.1, -0.05) is 25.7 Å². The molecule has 2 aliphatic rings. The molecule has 0 heterocycles. The molecule has 2 saturated carbocycles. The average molecular weight is 150 g/mol. The molecule has 0 heteroatoms. The summed E-state index contributed by atoms with van der Waals surface area (Å²) in [7, 11) is 0. The number of fused-ring (bicyclic) bond motifs is 1. The first kappa shape index (κ1) is 7.64. The van der Waals surface area contributed by atoms with E-state index >= 15 is 0 Å². The molecular weight excluding hydrogens is 132 g/mol. The van der Waals surface area contributed by atoms with Crippen molar-refractivity contribution in [2.75, 3.05) is 0 Å². The molecular formula is C11H18. The number of hydrogen-bond acceptors (Lipinski definition) is 0. The van der Waals surface area contributed by atoms with Gasteiger partial charge in [0.15, 0.2) is 0 Å². The Labute approximate surface area is 70.4 Å². The van der Waals surface area contributed by atoms with E-state index in [1.54, 1.807) is 0 Å². The van der Waals surface area contributed by atoms with E-state index in [0.29, 0.717) is 5.92 Å². The highest BCUT2D eigenvalue weighted by atomic mass is 14.4. The first-order chi connectivity index (χ1) is 5.36. The lowest BCUT2D eigenvalue weighted by Gasteiger charge is -2.38. The van der Waals surface area contributed by atoms with Crippen LogP contribution in [0.5, 0.6) is 0 Å². The lowest BCUT2D eigenvalue weighted by molar-refractivity contribution is 0.146. The van der Waals surface area contributed by atoms with Crippen LogP contribution in [-0.2, 0) is 0 Å². The number of rotatable bonds is 0. The minimum absolute atomic E-state index is 0.536. The summed E-state index contributed by atoms with van der Waals surface area (Å²) in [5.74, 6) is 2.60. The van der Waals surface area contributed by atoms with Crippen LogP contribution in [0.1, 0.15) is 44.9 Å². The Balaban J connectivity index is 1.93. The van der Waals surface area contributed by atoms with E-state index < -0.39 is 0 Å². The molecule has 0 amide bonds. The van der Waals surface area contributed by atoms with E-state index in [4.69, 9.17) is 6.92 Å². The average Bonchev–Trinajstić information content (AvgIpc) is 2.04. The lowest BCUT2D eigenvalue weighted by Crippen LogP contribution is -2.26. The molecule has 0 aliphatic heterocycles. The summed E-state index contributed by atoms with van der Waals surface area (Å²) in [6, 6.07) is 0. The van der Waals surface area contributed by atoms with Gasteiger partial charge in [0.1, 0.15) is 0 Å². The SMILES string of the molecule is [CH]C1CCC2CCCCC2C1. The van der Waals surface area contributed by atoms with Crippen molar-refractivity contribution in [3.8, 4) is 0 Å². The van der Waals surface area contributed by atoms with Crippen molar-refractivity contribution in [1.29, 1.82) is 0 Å².